The van der Waals surface area contributed by atoms with E-state index in [2.05, 4.69) is 0 Å². The molecule has 14 heavy (non-hydrogen) atoms. The Hall–Kier alpha value is -0.330. The summed E-state index contributed by atoms with van der Waals surface area (Å²) in [6.45, 7) is 0. The average Bonchev–Trinajstić information content (AvgIpc) is 2.18. The smallest absolute Gasteiger partial charge is 0.316 e. The van der Waals surface area contributed by atoms with Gasteiger partial charge in [-0.05, 0) is 25.7 Å². The van der Waals surface area contributed by atoms with Gasteiger partial charge in [-0.1, -0.05) is 22.6 Å². The Bertz CT molecular complexity index is 221. The maximum absolute atomic E-state index is 10.9. The van der Waals surface area contributed by atoms with Crippen molar-refractivity contribution in [3.63, 3.8) is 0 Å². The Labute approximate surface area is 96.1 Å². The summed E-state index contributed by atoms with van der Waals surface area (Å²) < 4.78 is 5.49. The van der Waals surface area contributed by atoms with Crippen LogP contribution in [0, 0.1) is 5.92 Å². The number of alkyl halides is 1. The highest BCUT2D eigenvalue weighted by Crippen LogP contribution is 2.26. The van der Waals surface area contributed by atoms with Gasteiger partial charge < -0.3 is 9.84 Å². The molecular weight excluding hydrogens is 299 g/mol. The summed E-state index contributed by atoms with van der Waals surface area (Å²) in [6.07, 6.45) is 2.54. The van der Waals surface area contributed by atoms with E-state index in [1.165, 1.54) is 0 Å². The molecule has 0 unspecified atom stereocenters. The lowest BCUT2D eigenvalue weighted by atomic mass is 9.87. The fourth-order valence-corrected chi connectivity index (χ4v) is 1.82. The second kappa shape index (κ2) is 5.53. The summed E-state index contributed by atoms with van der Waals surface area (Å²) >= 11 is 1.96. The molecule has 0 aliphatic heterocycles. The summed E-state index contributed by atoms with van der Waals surface area (Å²) in [5.41, 5.74) is 0. The van der Waals surface area contributed by atoms with Crippen LogP contribution < -0.4 is 0 Å². The molecule has 0 radical (unpaired) electrons. The normalized spacial score (nSPS) is 26.9. The minimum Gasteiger partial charge on any atom is -0.481 e. The van der Waals surface area contributed by atoms with Crippen LogP contribution in [0.3, 0.4) is 0 Å². The molecule has 80 valence electrons. The molecule has 1 N–H and O–H groups in total. The van der Waals surface area contributed by atoms with E-state index in [1.807, 2.05) is 22.6 Å². The van der Waals surface area contributed by atoms with E-state index in [0.29, 0.717) is 30.1 Å². The van der Waals surface area contributed by atoms with Gasteiger partial charge in [0.15, 0.2) is 0 Å². The third-order valence-corrected chi connectivity index (χ3v) is 3.05. The van der Waals surface area contributed by atoms with E-state index in [-0.39, 0.29) is 18.0 Å². The van der Waals surface area contributed by atoms with E-state index in [9.17, 15) is 9.59 Å². The monoisotopic (exact) mass is 312 g/mol. The van der Waals surface area contributed by atoms with Crippen molar-refractivity contribution < 1.29 is 19.4 Å². The van der Waals surface area contributed by atoms with Crippen molar-refractivity contribution >= 4 is 34.5 Å². The summed E-state index contributed by atoms with van der Waals surface area (Å²) in [4.78, 5) is 21.6. The van der Waals surface area contributed by atoms with Crippen molar-refractivity contribution in [2.24, 2.45) is 5.92 Å². The van der Waals surface area contributed by atoms with Crippen LogP contribution in [0.4, 0.5) is 0 Å². The van der Waals surface area contributed by atoms with E-state index >= 15 is 0 Å². The molecule has 0 amide bonds. The molecule has 0 aromatic carbocycles. The number of hydrogen-bond donors (Lipinski definition) is 1. The first-order valence-electron chi connectivity index (χ1n) is 4.61. The van der Waals surface area contributed by atoms with Gasteiger partial charge in [0.2, 0.25) is 0 Å². The van der Waals surface area contributed by atoms with Crippen molar-refractivity contribution in [3.05, 3.63) is 0 Å². The van der Waals surface area contributed by atoms with Gasteiger partial charge in [-0.25, -0.2) is 0 Å². The lowest BCUT2D eigenvalue weighted by Gasteiger charge is -2.25. The van der Waals surface area contributed by atoms with Crippen LogP contribution in [0.25, 0.3) is 0 Å². The van der Waals surface area contributed by atoms with Gasteiger partial charge in [0.05, 0.1) is 10.3 Å². The fraction of sp³-hybridized carbons (Fsp3) is 0.778. The molecule has 0 aromatic heterocycles. The van der Waals surface area contributed by atoms with E-state index in [1.54, 1.807) is 0 Å². The molecule has 0 bridgehead atoms. The maximum atomic E-state index is 10.9. The highest BCUT2D eigenvalue weighted by atomic mass is 127. The summed E-state index contributed by atoms with van der Waals surface area (Å²) in [7, 11) is 0. The minimum atomic E-state index is -0.733. The van der Waals surface area contributed by atoms with Crippen LogP contribution in [0.2, 0.25) is 0 Å². The molecule has 1 fully saturated rings. The molecule has 0 saturated heterocycles. The first-order valence-corrected chi connectivity index (χ1v) is 6.14. The fourth-order valence-electron chi connectivity index (χ4n) is 1.65. The lowest BCUT2D eigenvalue weighted by molar-refractivity contribution is -0.149. The third-order valence-electron chi connectivity index (χ3n) is 2.43. The maximum Gasteiger partial charge on any atom is 0.316 e. The standard InChI is InChI=1S/C9H13IO4/c10-5-8(11)14-7-3-1-6(2-4-7)9(12)13/h6-7H,1-5H2,(H,12,13). The zero-order valence-electron chi connectivity index (χ0n) is 7.74. The van der Waals surface area contributed by atoms with E-state index < -0.39 is 5.97 Å². The van der Waals surface area contributed by atoms with Crippen molar-refractivity contribution in [3.8, 4) is 0 Å². The number of esters is 1. The molecule has 1 saturated carbocycles. The second-order valence-corrected chi connectivity index (χ2v) is 4.20. The van der Waals surface area contributed by atoms with Crippen LogP contribution >= 0.6 is 22.6 Å². The number of carbonyl (C=O) groups excluding carboxylic acids is 1. The molecule has 4 nitrogen and oxygen atoms in total. The Morgan fingerprint density at radius 1 is 1.29 bits per heavy atom. The van der Waals surface area contributed by atoms with Gasteiger partial charge >= 0.3 is 11.9 Å². The van der Waals surface area contributed by atoms with E-state index in [0.717, 1.165) is 0 Å². The van der Waals surface area contributed by atoms with Crippen LogP contribution in [-0.2, 0) is 14.3 Å². The molecule has 1 aliphatic rings. The molecule has 1 rings (SSSR count). The van der Waals surface area contributed by atoms with Crippen molar-refractivity contribution in [1.82, 2.24) is 0 Å². The Morgan fingerprint density at radius 2 is 1.86 bits per heavy atom. The molecule has 0 aromatic rings. The van der Waals surface area contributed by atoms with Gasteiger partial charge in [-0.15, -0.1) is 0 Å². The largest absolute Gasteiger partial charge is 0.481 e. The predicted molar refractivity (Wildman–Crippen MR) is 58.4 cm³/mol. The van der Waals surface area contributed by atoms with Crippen LogP contribution in [0.15, 0.2) is 0 Å². The third kappa shape index (κ3) is 3.43. The predicted octanol–water partition coefficient (Wildman–Crippen LogP) is 1.61. The zero-order chi connectivity index (χ0) is 10.6. The molecule has 0 atom stereocenters. The summed E-state index contributed by atoms with van der Waals surface area (Å²) in [6, 6.07) is 0. The highest BCUT2D eigenvalue weighted by Gasteiger charge is 2.27. The molecule has 0 spiro atoms. The van der Waals surface area contributed by atoms with E-state index in [4.69, 9.17) is 9.84 Å². The number of ether oxygens (including phenoxy) is 1. The van der Waals surface area contributed by atoms with Crippen LogP contribution in [0.1, 0.15) is 25.7 Å². The van der Waals surface area contributed by atoms with Gasteiger partial charge in [0.25, 0.3) is 0 Å². The van der Waals surface area contributed by atoms with Gasteiger partial charge in [0, 0.05) is 0 Å². The Morgan fingerprint density at radius 3 is 2.29 bits per heavy atom. The summed E-state index contributed by atoms with van der Waals surface area (Å²) in [5.74, 6) is -1.18. The average molecular weight is 312 g/mol. The van der Waals surface area contributed by atoms with Gasteiger partial charge in [-0.3, -0.25) is 9.59 Å². The van der Waals surface area contributed by atoms with Crippen molar-refractivity contribution in [2.45, 2.75) is 31.8 Å². The summed E-state index contributed by atoms with van der Waals surface area (Å²) in [5, 5.41) is 8.74. The SMILES string of the molecule is O=C(CI)OC1CCC(C(=O)O)CC1. The molecule has 5 heteroatoms. The topological polar surface area (TPSA) is 63.6 Å². The van der Waals surface area contributed by atoms with Gasteiger partial charge in [0.1, 0.15) is 6.10 Å². The number of carboxylic acids is 1. The van der Waals surface area contributed by atoms with Crippen molar-refractivity contribution in [2.75, 3.05) is 4.43 Å². The first-order chi connectivity index (χ1) is 6.63. The highest BCUT2D eigenvalue weighted by molar-refractivity contribution is 14.1. The number of rotatable bonds is 3. The van der Waals surface area contributed by atoms with Crippen LogP contribution in [-0.4, -0.2) is 27.6 Å². The Balaban J connectivity index is 2.29. The molecule has 1 aliphatic carbocycles. The van der Waals surface area contributed by atoms with Gasteiger partial charge in [-0.2, -0.15) is 0 Å². The number of halogens is 1. The zero-order valence-corrected chi connectivity index (χ0v) is 9.90. The minimum absolute atomic E-state index is 0.0622. The Kier molecular flexibility index (Phi) is 4.64. The first kappa shape index (κ1) is 11.7. The second-order valence-electron chi connectivity index (χ2n) is 3.44. The number of aliphatic carboxylic acids is 1. The van der Waals surface area contributed by atoms with Crippen LogP contribution in [0.5, 0.6) is 0 Å². The quantitative estimate of drug-likeness (QED) is 0.488. The lowest BCUT2D eigenvalue weighted by Crippen LogP contribution is -2.28. The number of carbonyl (C=O) groups is 2. The number of carboxylic acid groups (broad SMARTS) is 1. The van der Waals surface area contributed by atoms with Crippen molar-refractivity contribution in [1.29, 1.82) is 0 Å². The molecular formula is C9H13IO4. The number of hydrogen-bond acceptors (Lipinski definition) is 3. The molecule has 0 heterocycles.